The summed E-state index contributed by atoms with van der Waals surface area (Å²) in [6.07, 6.45) is 0.161. The van der Waals surface area contributed by atoms with Crippen LogP contribution in [0.3, 0.4) is 0 Å². The van der Waals surface area contributed by atoms with Crippen LogP contribution in [-0.2, 0) is 32.2 Å². The molecule has 1 amide bonds. The first-order chi connectivity index (χ1) is 20.0. The number of hydrogen-bond acceptors (Lipinski definition) is 11. The van der Waals surface area contributed by atoms with E-state index in [1.165, 1.54) is 4.90 Å². The number of Topliss-reactive ketones (excluding diaryl/α,β-unsaturated/α-hetero) is 2. The standard InChI is InChI=1S/C31H42N4O8/c1-8-43-34-14(2)17-10-16(12-33-13-30(3,4)5)24(36)21-18(17)9-15-11-19-23(35(6)7)26(38)22(29(32)41)28(40)31(19,42)27(39)20(15)25(21)37/h10,15,19,23,33,36-37,40,42H,8-9,11-13H2,1-7H3,(H2,32,41)/b34-14-/t15-,19-,23-,31-/m0/s1. The van der Waals surface area contributed by atoms with Crippen LogP contribution in [0.15, 0.2) is 28.1 Å². The number of nitrogens with one attached hydrogen (secondary N) is 1. The lowest BCUT2D eigenvalue weighted by Crippen LogP contribution is -2.65. The molecule has 4 atom stereocenters. The van der Waals surface area contributed by atoms with Crippen molar-refractivity contribution in [3.8, 4) is 5.75 Å². The SMILES string of the molecule is CCO/N=C(/C)c1cc(CNCC(C)(C)C)c(O)c2c1C[C@H]1C[C@H]3[C@H](N(C)C)C(=O)C(C(N)=O)=C(O)[C@@]3(O)C(=O)C1=C2O. The Morgan fingerprint density at radius 3 is 2.44 bits per heavy atom. The molecule has 3 aliphatic rings. The topological polar surface area (TPSA) is 195 Å². The van der Waals surface area contributed by atoms with E-state index < -0.39 is 58.0 Å². The Hall–Kier alpha value is -3.74. The number of oxime groups is 1. The number of hydrogen-bond donors (Lipinski definition) is 6. The molecule has 1 aromatic carbocycles. The normalized spacial score (nSPS) is 26.0. The average molecular weight is 599 g/mol. The van der Waals surface area contributed by atoms with Crippen LogP contribution >= 0.6 is 0 Å². The molecule has 0 heterocycles. The fourth-order valence-corrected chi connectivity index (χ4v) is 6.61. The number of amides is 1. The first kappa shape index (κ1) is 32.2. The second kappa shape index (κ2) is 11.4. The minimum absolute atomic E-state index is 0.00248. The third-order valence-electron chi connectivity index (χ3n) is 8.49. The Morgan fingerprint density at radius 1 is 1.23 bits per heavy atom. The predicted octanol–water partition coefficient (Wildman–Crippen LogP) is 1.86. The van der Waals surface area contributed by atoms with Crippen molar-refractivity contribution in [1.82, 2.24) is 10.2 Å². The molecule has 3 aliphatic carbocycles. The van der Waals surface area contributed by atoms with Crippen molar-refractivity contribution >= 4 is 28.9 Å². The number of phenols is 1. The van der Waals surface area contributed by atoms with E-state index in [1.807, 2.05) is 0 Å². The monoisotopic (exact) mass is 598 g/mol. The summed E-state index contributed by atoms with van der Waals surface area (Å²) in [5.41, 5.74) is 3.72. The number of rotatable bonds is 8. The number of fused-ring (bicyclic) bond motifs is 3. The van der Waals surface area contributed by atoms with E-state index in [4.69, 9.17) is 10.6 Å². The Bertz CT molecular complexity index is 1470. The molecule has 1 saturated carbocycles. The molecule has 0 aromatic heterocycles. The zero-order chi connectivity index (χ0) is 32.2. The van der Waals surface area contributed by atoms with Gasteiger partial charge < -0.3 is 36.3 Å². The molecule has 0 saturated heterocycles. The molecule has 12 nitrogen and oxygen atoms in total. The van der Waals surface area contributed by atoms with Crippen molar-refractivity contribution in [2.24, 2.45) is 28.1 Å². The van der Waals surface area contributed by atoms with E-state index in [1.54, 1.807) is 34.0 Å². The number of ketones is 2. The number of nitrogens with zero attached hydrogens (tertiary/aromatic N) is 2. The van der Waals surface area contributed by atoms with Gasteiger partial charge in [0.15, 0.2) is 11.4 Å². The van der Waals surface area contributed by atoms with Crippen LogP contribution in [0, 0.1) is 17.3 Å². The van der Waals surface area contributed by atoms with Gasteiger partial charge >= 0.3 is 0 Å². The van der Waals surface area contributed by atoms with Crippen molar-refractivity contribution in [3.63, 3.8) is 0 Å². The maximum atomic E-state index is 14.1. The fraction of sp³-hybridized carbons (Fsp3) is 0.548. The van der Waals surface area contributed by atoms with Gasteiger partial charge in [0, 0.05) is 35.7 Å². The van der Waals surface area contributed by atoms with E-state index in [9.17, 15) is 34.8 Å². The first-order valence-corrected chi connectivity index (χ1v) is 14.4. The number of carbonyl (C=O) groups is 3. The quantitative estimate of drug-likeness (QED) is 0.146. The van der Waals surface area contributed by atoms with Gasteiger partial charge in [-0.2, -0.15) is 0 Å². The number of aromatic hydroxyl groups is 1. The molecule has 12 heteroatoms. The Balaban J connectivity index is 1.95. The molecule has 7 N–H and O–H groups in total. The summed E-state index contributed by atoms with van der Waals surface area (Å²) in [6.45, 7) is 10.9. The van der Waals surface area contributed by atoms with Gasteiger partial charge in [0.2, 0.25) is 5.78 Å². The van der Waals surface area contributed by atoms with Crippen molar-refractivity contribution < 1.29 is 39.6 Å². The zero-order valence-electron chi connectivity index (χ0n) is 25.7. The lowest BCUT2D eigenvalue weighted by Gasteiger charge is -2.50. The Morgan fingerprint density at radius 2 is 1.88 bits per heavy atom. The highest BCUT2D eigenvalue weighted by atomic mass is 16.6. The van der Waals surface area contributed by atoms with Crippen LogP contribution in [0.25, 0.3) is 5.76 Å². The van der Waals surface area contributed by atoms with Gasteiger partial charge in [0.1, 0.15) is 29.4 Å². The summed E-state index contributed by atoms with van der Waals surface area (Å²) in [7, 11) is 3.12. The number of primary amides is 1. The lowest BCUT2D eigenvalue weighted by atomic mass is 9.57. The highest BCUT2D eigenvalue weighted by Crippen LogP contribution is 2.53. The van der Waals surface area contributed by atoms with Crippen molar-refractivity contribution in [1.29, 1.82) is 0 Å². The van der Waals surface area contributed by atoms with Crippen LogP contribution in [0.5, 0.6) is 5.75 Å². The summed E-state index contributed by atoms with van der Waals surface area (Å²) in [5.74, 6) is -6.86. The summed E-state index contributed by atoms with van der Waals surface area (Å²) in [6, 6.07) is 0.629. The van der Waals surface area contributed by atoms with Crippen LogP contribution in [0.4, 0.5) is 0 Å². The van der Waals surface area contributed by atoms with Gasteiger partial charge in [-0.15, -0.1) is 0 Å². The molecule has 0 spiro atoms. The van der Waals surface area contributed by atoms with Gasteiger partial charge in [-0.1, -0.05) is 25.9 Å². The minimum Gasteiger partial charge on any atom is -0.508 e. The Kier molecular flexibility index (Phi) is 8.53. The largest absolute Gasteiger partial charge is 0.508 e. The zero-order valence-corrected chi connectivity index (χ0v) is 25.7. The van der Waals surface area contributed by atoms with Crippen LogP contribution in [0.1, 0.15) is 63.3 Å². The van der Waals surface area contributed by atoms with Crippen LogP contribution < -0.4 is 11.1 Å². The maximum absolute atomic E-state index is 14.1. The number of phenolic OH excluding ortho intramolecular Hbond substituents is 1. The summed E-state index contributed by atoms with van der Waals surface area (Å²) in [4.78, 5) is 46.4. The van der Waals surface area contributed by atoms with Crippen LogP contribution in [-0.4, -0.2) is 87.4 Å². The molecule has 1 fully saturated rings. The smallest absolute Gasteiger partial charge is 0.255 e. The molecule has 0 radical (unpaired) electrons. The van der Waals surface area contributed by atoms with Gasteiger partial charge in [0.25, 0.3) is 5.91 Å². The first-order valence-electron chi connectivity index (χ1n) is 14.4. The molecular formula is C31H42N4O8. The third kappa shape index (κ3) is 5.32. The van der Waals surface area contributed by atoms with Gasteiger partial charge in [-0.05, 0) is 63.7 Å². The highest BCUT2D eigenvalue weighted by molar-refractivity contribution is 6.24. The Labute approximate surface area is 250 Å². The van der Waals surface area contributed by atoms with Crippen molar-refractivity contribution in [2.75, 3.05) is 27.2 Å². The third-order valence-corrected chi connectivity index (χ3v) is 8.49. The summed E-state index contributed by atoms with van der Waals surface area (Å²) >= 11 is 0. The van der Waals surface area contributed by atoms with Crippen molar-refractivity contribution in [3.05, 3.63) is 45.2 Å². The van der Waals surface area contributed by atoms with E-state index in [0.717, 1.165) is 0 Å². The highest BCUT2D eigenvalue weighted by Gasteiger charge is 2.64. The molecule has 234 valence electrons. The van der Waals surface area contributed by atoms with Crippen LogP contribution in [0.2, 0.25) is 0 Å². The molecule has 0 unspecified atom stereocenters. The van der Waals surface area contributed by atoms with Gasteiger partial charge in [-0.3, -0.25) is 19.3 Å². The number of likely N-dealkylation sites (N-methyl/N-ethyl adjacent to an activating group) is 1. The summed E-state index contributed by atoms with van der Waals surface area (Å²) in [5, 5.41) is 53.5. The van der Waals surface area contributed by atoms with E-state index >= 15 is 0 Å². The number of benzene rings is 1. The molecule has 1 aromatic rings. The number of aliphatic hydroxyl groups excluding tert-OH is 2. The molecule has 43 heavy (non-hydrogen) atoms. The van der Waals surface area contributed by atoms with E-state index in [0.29, 0.717) is 35.6 Å². The lowest BCUT2D eigenvalue weighted by molar-refractivity contribution is -0.153. The number of carbonyl (C=O) groups excluding carboxylic acids is 3. The second-order valence-corrected chi connectivity index (χ2v) is 13.0. The molecule has 0 aliphatic heterocycles. The van der Waals surface area contributed by atoms with Gasteiger partial charge in [0.05, 0.1) is 17.3 Å². The number of nitrogens with two attached hydrogens (primary N) is 1. The average Bonchev–Trinajstić information content (AvgIpc) is 2.89. The maximum Gasteiger partial charge on any atom is 0.255 e. The minimum atomic E-state index is -2.69. The number of aliphatic hydroxyl groups is 3. The van der Waals surface area contributed by atoms with E-state index in [-0.39, 0.29) is 41.7 Å². The summed E-state index contributed by atoms with van der Waals surface area (Å²) < 4.78 is 0. The molecule has 4 rings (SSSR count). The van der Waals surface area contributed by atoms with Crippen molar-refractivity contribution in [2.45, 2.75) is 65.6 Å². The van der Waals surface area contributed by atoms with E-state index in [2.05, 4.69) is 31.2 Å². The fourth-order valence-electron chi connectivity index (χ4n) is 6.61. The predicted molar refractivity (Wildman–Crippen MR) is 159 cm³/mol. The second-order valence-electron chi connectivity index (χ2n) is 13.0. The molecular weight excluding hydrogens is 556 g/mol. The molecule has 0 bridgehead atoms. The van der Waals surface area contributed by atoms with Gasteiger partial charge in [-0.25, -0.2) is 0 Å².